The van der Waals surface area contributed by atoms with E-state index in [1.54, 1.807) is 0 Å². The molecule has 0 atom stereocenters. The molecule has 4 N–H and O–H groups in total. The number of rotatable bonds is 7. The summed E-state index contributed by atoms with van der Waals surface area (Å²) >= 11 is 0. The molecule has 6 nitrogen and oxygen atoms in total. The van der Waals surface area contributed by atoms with E-state index in [0.29, 0.717) is 5.96 Å². The van der Waals surface area contributed by atoms with E-state index in [1.165, 1.54) is 25.7 Å². The molecule has 0 aromatic heterocycles. The Bertz CT molecular complexity index is 664. The van der Waals surface area contributed by atoms with Gasteiger partial charge in [-0.15, -0.1) is 0 Å². The number of guanidine groups is 2. The van der Waals surface area contributed by atoms with Crippen LogP contribution in [0.2, 0.25) is 0 Å². The van der Waals surface area contributed by atoms with Crippen molar-refractivity contribution in [2.75, 3.05) is 11.5 Å². The average molecular weight is 358 g/mol. The van der Waals surface area contributed by atoms with E-state index < -0.39 is 5.66 Å². The van der Waals surface area contributed by atoms with Gasteiger partial charge in [0.15, 0.2) is 0 Å². The molecule has 1 aromatic carbocycles. The molecule has 2 aliphatic rings. The van der Waals surface area contributed by atoms with Gasteiger partial charge in [0.1, 0.15) is 11.4 Å². The van der Waals surface area contributed by atoms with Crippen molar-refractivity contribution in [3.63, 3.8) is 0 Å². The maximum Gasteiger partial charge on any atom is 0.220 e. The zero-order chi connectivity index (χ0) is 18.4. The Morgan fingerprint density at radius 2 is 1.92 bits per heavy atom. The van der Waals surface area contributed by atoms with Crippen LogP contribution >= 0.6 is 0 Å². The van der Waals surface area contributed by atoms with Gasteiger partial charge in [-0.05, 0) is 44.2 Å². The fourth-order valence-electron chi connectivity index (χ4n) is 3.93. The lowest BCUT2D eigenvalue weighted by molar-refractivity contribution is 0.300. The van der Waals surface area contributed by atoms with Gasteiger partial charge in [0.05, 0.1) is 6.61 Å². The first-order valence-electron chi connectivity index (χ1n) is 9.87. The summed E-state index contributed by atoms with van der Waals surface area (Å²) in [5.41, 5.74) is 12.8. The second kappa shape index (κ2) is 8.43. The quantitative estimate of drug-likeness (QED) is 0.727. The third-order valence-corrected chi connectivity index (χ3v) is 5.19. The van der Waals surface area contributed by atoms with Crippen LogP contribution in [0.1, 0.15) is 64.7 Å². The molecule has 142 valence electrons. The predicted octanol–water partition coefficient (Wildman–Crippen LogP) is 3.76. The Hall–Kier alpha value is -2.24. The second-order valence-corrected chi connectivity index (χ2v) is 7.23. The first kappa shape index (κ1) is 18.5. The molecule has 3 rings (SSSR count). The van der Waals surface area contributed by atoms with Gasteiger partial charge in [0.2, 0.25) is 11.9 Å². The number of nitrogens with zero attached hydrogens (tertiary/aromatic N) is 3. The van der Waals surface area contributed by atoms with Gasteiger partial charge in [-0.25, -0.2) is 4.99 Å². The summed E-state index contributed by atoms with van der Waals surface area (Å²) in [5, 5.41) is 0. The van der Waals surface area contributed by atoms with Crippen molar-refractivity contribution >= 4 is 17.6 Å². The molecule has 0 amide bonds. The zero-order valence-corrected chi connectivity index (χ0v) is 15.8. The molecule has 1 aromatic rings. The molecule has 1 aliphatic heterocycles. The number of nitrogens with two attached hydrogens (primary N) is 2. The number of benzene rings is 1. The van der Waals surface area contributed by atoms with Gasteiger partial charge in [-0.1, -0.05) is 38.7 Å². The van der Waals surface area contributed by atoms with Crippen molar-refractivity contribution < 1.29 is 4.74 Å². The third-order valence-electron chi connectivity index (χ3n) is 5.19. The maximum atomic E-state index is 6.29. The van der Waals surface area contributed by atoms with Crippen molar-refractivity contribution in [2.24, 2.45) is 21.5 Å². The first-order chi connectivity index (χ1) is 12.6. The molecular formula is C20H31N5O. The minimum atomic E-state index is -0.409. The van der Waals surface area contributed by atoms with Crippen LogP contribution in [0.15, 0.2) is 34.3 Å². The maximum absolute atomic E-state index is 6.29. The van der Waals surface area contributed by atoms with E-state index in [9.17, 15) is 0 Å². The van der Waals surface area contributed by atoms with Crippen LogP contribution < -0.4 is 21.1 Å². The highest BCUT2D eigenvalue weighted by Gasteiger charge is 2.42. The van der Waals surface area contributed by atoms with E-state index in [4.69, 9.17) is 21.2 Å². The fraction of sp³-hybridized carbons (Fsp3) is 0.600. The Labute approximate surface area is 156 Å². The fourth-order valence-corrected chi connectivity index (χ4v) is 3.93. The van der Waals surface area contributed by atoms with Gasteiger partial charge in [0.25, 0.3) is 0 Å². The summed E-state index contributed by atoms with van der Waals surface area (Å²) in [6.07, 6.45) is 10.1. The Morgan fingerprint density at radius 3 is 2.69 bits per heavy atom. The van der Waals surface area contributed by atoms with Gasteiger partial charge >= 0.3 is 0 Å². The molecule has 1 fully saturated rings. The van der Waals surface area contributed by atoms with Crippen molar-refractivity contribution in [1.82, 2.24) is 0 Å². The zero-order valence-electron chi connectivity index (χ0n) is 15.8. The predicted molar refractivity (Wildman–Crippen MR) is 108 cm³/mol. The van der Waals surface area contributed by atoms with Crippen LogP contribution in [0.3, 0.4) is 0 Å². The van der Waals surface area contributed by atoms with E-state index in [2.05, 4.69) is 11.9 Å². The SMILES string of the molecule is CCCCCCOc1cccc(N2C(N)=NC(N)=NC23CCCCC3)c1. The molecule has 0 radical (unpaired) electrons. The van der Waals surface area contributed by atoms with Gasteiger partial charge in [-0.3, -0.25) is 4.90 Å². The van der Waals surface area contributed by atoms with E-state index in [1.807, 2.05) is 29.2 Å². The molecule has 0 unspecified atom stereocenters. The smallest absolute Gasteiger partial charge is 0.220 e. The normalized spacial score (nSPS) is 19.2. The summed E-state index contributed by atoms with van der Waals surface area (Å²) < 4.78 is 5.95. The lowest BCUT2D eigenvalue weighted by Gasteiger charge is -2.45. The number of hydrogen-bond donors (Lipinski definition) is 2. The Kier molecular flexibility index (Phi) is 6.01. The van der Waals surface area contributed by atoms with Crippen LogP contribution in [-0.2, 0) is 0 Å². The third kappa shape index (κ3) is 4.11. The monoisotopic (exact) mass is 357 g/mol. The molecule has 26 heavy (non-hydrogen) atoms. The van der Waals surface area contributed by atoms with Crippen molar-refractivity contribution in [2.45, 2.75) is 70.4 Å². The summed E-state index contributed by atoms with van der Waals surface area (Å²) in [6.45, 7) is 2.95. The number of ether oxygens (including phenoxy) is 1. The minimum absolute atomic E-state index is 0.281. The van der Waals surface area contributed by atoms with Gasteiger partial charge in [-0.2, -0.15) is 4.99 Å². The largest absolute Gasteiger partial charge is 0.494 e. The molecule has 1 aliphatic carbocycles. The molecule has 1 heterocycles. The van der Waals surface area contributed by atoms with Crippen LogP contribution in [0.5, 0.6) is 5.75 Å². The summed E-state index contributed by atoms with van der Waals surface area (Å²) in [7, 11) is 0. The summed E-state index contributed by atoms with van der Waals surface area (Å²) in [4.78, 5) is 11.0. The molecular weight excluding hydrogens is 326 g/mol. The van der Waals surface area contributed by atoms with Crippen LogP contribution in [-0.4, -0.2) is 24.2 Å². The van der Waals surface area contributed by atoms with E-state index in [0.717, 1.165) is 50.1 Å². The highest BCUT2D eigenvalue weighted by molar-refractivity contribution is 6.05. The van der Waals surface area contributed by atoms with Crippen molar-refractivity contribution in [3.05, 3.63) is 24.3 Å². The molecule has 1 saturated carbocycles. The van der Waals surface area contributed by atoms with Crippen LogP contribution in [0.25, 0.3) is 0 Å². The van der Waals surface area contributed by atoms with Crippen molar-refractivity contribution in [3.8, 4) is 5.75 Å². The highest BCUT2D eigenvalue weighted by atomic mass is 16.5. The van der Waals surface area contributed by atoms with E-state index >= 15 is 0 Å². The topological polar surface area (TPSA) is 89.2 Å². The van der Waals surface area contributed by atoms with Crippen molar-refractivity contribution in [1.29, 1.82) is 0 Å². The Morgan fingerprint density at radius 1 is 1.12 bits per heavy atom. The lowest BCUT2D eigenvalue weighted by atomic mass is 9.87. The molecule has 0 bridgehead atoms. The molecule has 1 spiro atoms. The average Bonchev–Trinajstić information content (AvgIpc) is 2.62. The van der Waals surface area contributed by atoms with Gasteiger partial charge < -0.3 is 16.2 Å². The molecule has 0 saturated heterocycles. The number of anilines is 1. The first-order valence-corrected chi connectivity index (χ1v) is 9.87. The number of hydrogen-bond acceptors (Lipinski definition) is 6. The van der Waals surface area contributed by atoms with Crippen LogP contribution in [0.4, 0.5) is 5.69 Å². The summed E-state index contributed by atoms with van der Waals surface area (Å²) in [6, 6.07) is 8.07. The van der Waals surface area contributed by atoms with E-state index in [-0.39, 0.29) is 5.96 Å². The minimum Gasteiger partial charge on any atom is -0.494 e. The highest BCUT2D eigenvalue weighted by Crippen LogP contribution is 2.40. The molecule has 6 heteroatoms. The second-order valence-electron chi connectivity index (χ2n) is 7.23. The Balaban J connectivity index is 1.78. The van der Waals surface area contributed by atoms with Gasteiger partial charge in [0, 0.05) is 11.8 Å². The summed E-state index contributed by atoms with van der Waals surface area (Å²) in [5.74, 6) is 1.56. The number of unbranched alkanes of at least 4 members (excludes halogenated alkanes) is 3. The lowest BCUT2D eigenvalue weighted by Crippen LogP contribution is -2.58. The van der Waals surface area contributed by atoms with Crippen LogP contribution in [0, 0.1) is 0 Å². The standard InChI is InChI=1S/C20H31N5O/c1-2-3-4-8-14-26-17-11-9-10-16(15-17)25-19(22)23-18(21)24-20(25)12-6-5-7-13-20/h9-11,15H,2-8,12-14H2,1H3,(H4,21,22,23,24). The number of aliphatic imine (C=N–C) groups is 2.